The number of hydrogen-bond acceptors (Lipinski definition) is 4. The molecule has 0 saturated heterocycles. The van der Waals surface area contributed by atoms with Crippen LogP contribution in [-0.4, -0.2) is 23.4 Å². The van der Waals surface area contributed by atoms with Gasteiger partial charge in [0.25, 0.3) is 0 Å². The Labute approximate surface area is 118 Å². The number of hydrogen-bond donors (Lipinski definition) is 1. The predicted molar refractivity (Wildman–Crippen MR) is 78.4 cm³/mol. The Hall–Kier alpha value is -2.48. The van der Waals surface area contributed by atoms with Crippen molar-refractivity contribution in [1.82, 2.24) is 9.78 Å². The second kappa shape index (κ2) is 6.11. The van der Waals surface area contributed by atoms with E-state index < -0.39 is 0 Å². The van der Waals surface area contributed by atoms with Gasteiger partial charge in [0.05, 0.1) is 18.5 Å². The smallest absolute Gasteiger partial charge is 0.148 e. The molecule has 0 aliphatic heterocycles. The summed E-state index contributed by atoms with van der Waals surface area (Å²) in [4.78, 5) is 0. The Morgan fingerprint density at radius 1 is 1.30 bits per heavy atom. The molecule has 0 spiro atoms. The molecule has 2 aromatic rings. The molecule has 0 aliphatic carbocycles. The van der Waals surface area contributed by atoms with Crippen LogP contribution in [0, 0.1) is 11.3 Å². The van der Waals surface area contributed by atoms with Crippen molar-refractivity contribution in [2.45, 2.75) is 20.3 Å². The number of nitrogens with one attached hydrogen (secondary N) is 1. The Kier molecular flexibility index (Phi) is 4.26. The topological polar surface area (TPSA) is 62.9 Å². The highest BCUT2D eigenvalue weighted by Crippen LogP contribution is 2.24. The van der Waals surface area contributed by atoms with Gasteiger partial charge in [0.15, 0.2) is 0 Å². The molecule has 2 rings (SSSR count). The normalized spacial score (nSPS) is 10.1. The van der Waals surface area contributed by atoms with Crippen molar-refractivity contribution in [2.24, 2.45) is 0 Å². The van der Waals surface area contributed by atoms with E-state index in [4.69, 9.17) is 4.74 Å². The molecule has 0 aliphatic rings. The Morgan fingerprint density at radius 2 is 2.00 bits per heavy atom. The molecule has 5 nitrogen and oxygen atoms in total. The fourth-order valence-corrected chi connectivity index (χ4v) is 2.07. The van der Waals surface area contributed by atoms with E-state index in [9.17, 15) is 5.26 Å². The second-order valence-electron chi connectivity index (χ2n) is 4.28. The zero-order chi connectivity index (χ0) is 14.5. The maximum absolute atomic E-state index is 9.34. The van der Waals surface area contributed by atoms with Crippen LogP contribution < -0.4 is 10.1 Å². The number of anilines is 1. The van der Waals surface area contributed by atoms with E-state index in [1.54, 1.807) is 11.8 Å². The highest BCUT2D eigenvalue weighted by molar-refractivity contribution is 5.59. The Bertz CT molecular complexity index is 623. The molecule has 1 aromatic heterocycles. The Balaban J connectivity index is 2.54. The number of benzene rings is 1. The van der Waals surface area contributed by atoms with Crippen molar-refractivity contribution in [3.05, 3.63) is 35.5 Å². The minimum Gasteiger partial charge on any atom is -0.497 e. The molecule has 0 amide bonds. The highest BCUT2D eigenvalue weighted by Gasteiger charge is 2.17. The van der Waals surface area contributed by atoms with Gasteiger partial charge in [-0.05, 0) is 37.6 Å². The Morgan fingerprint density at radius 3 is 2.50 bits per heavy atom. The third-order valence-corrected chi connectivity index (χ3v) is 3.07. The molecule has 0 fully saturated rings. The molecule has 104 valence electrons. The van der Waals surface area contributed by atoms with Crippen LogP contribution in [0.25, 0.3) is 5.69 Å². The number of aromatic nitrogens is 2. The molecule has 20 heavy (non-hydrogen) atoms. The summed E-state index contributed by atoms with van der Waals surface area (Å²) in [7, 11) is 1.63. The number of nitrogens with zero attached hydrogens (tertiary/aromatic N) is 3. The van der Waals surface area contributed by atoms with E-state index in [1.165, 1.54) is 0 Å². The monoisotopic (exact) mass is 270 g/mol. The van der Waals surface area contributed by atoms with Crippen LogP contribution in [0.15, 0.2) is 24.3 Å². The summed E-state index contributed by atoms with van der Waals surface area (Å²) in [6, 6.07) is 9.85. The second-order valence-corrected chi connectivity index (χ2v) is 4.28. The first-order chi connectivity index (χ1) is 9.74. The predicted octanol–water partition coefficient (Wildman–Crippen LogP) is 2.75. The molecule has 0 radical (unpaired) electrons. The summed E-state index contributed by atoms with van der Waals surface area (Å²) in [6.07, 6.45) is 0.727. The van der Waals surface area contributed by atoms with Gasteiger partial charge < -0.3 is 10.1 Å². The molecule has 0 saturated carbocycles. The van der Waals surface area contributed by atoms with E-state index in [-0.39, 0.29) is 0 Å². The van der Waals surface area contributed by atoms with Crippen LogP contribution >= 0.6 is 0 Å². The summed E-state index contributed by atoms with van der Waals surface area (Å²) >= 11 is 0. The zero-order valence-corrected chi connectivity index (χ0v) is 12.0. The third-order valence-electron chi connectivity index (χ3n) is 3.07. The lowest BCUT2D eigenvalue weighted by Gasteiger charge is -2.09. The van der Waals surface area contributed by atoms with Crippen LogP contribution in [0.5, 0.6) is 5.75 Å². The molecule has 1 N–H and O–H groups in total. The van der Waals surface area contributed by atoms with Gasteiger partial charge in [-0.3, -0.25) is 0 Å². The largest absolute Gasteiger partial charge is 0.497 e. The molecule has 0 atom stereocenters. The highest BCUT2D eigenvalue weighted by atomic mass is 16.5. The summed E-state index contributed by atoms with van der Waals surface area (Å²) in [5.74, 6) is 1.54. The van der Waals surface area contributed by atoms with E-state index in [0.717, 1.165) is 35.9 Å². The van der Waals surface area contributed by atoms with Gasteiger partial charge in [0, 0.05) is 6.54 Å². The minimum absolute atomic E-state index is 0.616. The lowest BCUT2D eigenvalue weighted by Crippen LogP contribution is -2.06. The van der Waals surface area contributed by atoms with Crippen molar-refractivity contribution in [3.8, 4) is 17.5 Å². The van der Waals surface area contributed by atoms with Crippen LogP contribution in [-0.2, 0) is 6.42 Å². The van der Waals surface area contributed by atoms with Gasteiger partial charge in [-0.1, -0.05) is 6.92 Å². The number of nitriles is 1. The summed E-state index contributed by atoms with van der Waals surface area (Å²) in [6.45, 7) is 4.73. The van der Waals surface area contributed by atoms with Gasteiger partial charge in [-0.25, -0.2) is 4.68 Å². The first-order valence-corrected chi connectivity index (χ1v) is 6.65. The molecular formula is C15H18N4O. The van der Waals surface area contributed by atoms with E-state index >= 15 is 0 Å². The van der Waals surface area contributed by atoms with Gasteiger partial charge in [-0.2, -0.15) is 10.4 Å². The maximum Gasteiger partial charge on any atom is 0.148 e. The molecular weight excluding hydrogens is 252 g/mol. The third kappa shape index (κ3) is 2.45. The lowest BCUT2D eigenvalue weighted by molar-refractivity contribution is 0.414. The van der Waals surface area contributed by atoms with Crippen molar-refractivity contribution >= 4 is 5.82 Å². The van der Waals surface area contributed by atoms with E-state index in [0.29, 0.717) is 5.56 Å². The summed E-state index contributed by atoms with van der Waals surface area (Å²) in [5.41, 5.74) is 2.32. The first kappa shape index (κ1) is 13.9. The van der Waals surface area contributed by atoms with E-state index in [1.807, 2.05) is 38.1 Å². The van der Waals surface area contributed by atoms with Gasteiger partial charge in [0.1, 0.15) is 23.2 Å². The molecule has 1 aromatic carbocycles. The minimum atomic E-state index is 0.616. The van der Waals surface area contributed by atoms with Crippen molar-refractivity contribution in [3.63, 3.8) is 0 Å². The molecule has 0 bridgehead atoms. The lowest BCUT2D eigenvalue weighted by atomic mass is 10.2. The van der Waals surface area contributed by atoms with Crippen LogP contribution in [0.2, 0.25) is 0 Å². The average molecular weight is 270 g/mol. The van der Waals surface area contributed by atoms with Gasteiger partial charge in [-0.15, -0.1) is 0 Å². The SMILES string of the molecule is CCNc1c(C#N)c(CC)nn1-c1ccc(OC)cc1. The zero-order valence-electron chi connectivity index (χ0n) is 12.0. The standard InChI is InChI=1S/C15H18N4O/c1-4-14-13(10-16)15(17-5-2)19(18-14)11-6-8-12(20-3)9-7-11/h6-9,17H,4-5H2,1-3H3. The molecule has 5 heteroatoms. The van der Waals surface area contributed by atoms with E-state index in [2.05, 4.69) is 16.5 Å². The van der Waals surface area contributed by atoms with Crippen molar-refractivity contribution in [1.29, 1.82) is 5.26 Å². The number of rotatable bonds is 5. The fraction of sp³-hybridized carbons (Fsp3) is 0.333. The molecule has 1 heterocycles. The van der Waals surface area contributed by atoms with Crippen molar-refractivity contribution in [2.75, 3.05) is 19.0 Å². The average Bonchev–Trinajstić information content (AvgIpc) is 2.85. The van der Waals surface area contributed by atoms with Crippen LogP contribution in [0.3, 0.4) is 0 Å². The van der Waals surface area contributed by atoms with Crippen molar-refractivity contribution < 1.29 is 4.74 Å². The maximum atomic E-state index is 9.34. The van der Waals surface area contributed by atoms with Gasteiger partial charge >= 0.3 is 0 Å². The first-order valence-electron chi connectivity index (χ1n) is 6.65. The van der Waals surface area contributed by atoms with Gasteiger partial charge in [0.2, 0.25) is 0 Å². The van der Waals surface area contributed by atoms with Crippen LogP contribution in [0.4, 0.5) is 5.82 Å². The summed E-state index contributed by atoms with van der Waals surface area (Å²) < 4.78 is 6.93. The fourth-order valence-electron chi connectivity index (χ4n) is 2.07. The quantitative estimate of drug-likeness (QED) is 0.907. The summed E-state index contributed by atoms with van der Waals surface area (Å²) in [5, 5.41) is 17.1. The van der Waals surface area contributed by atoms with Crippen LogP contribution in [0.1, 0.15) is 25.1 Å². The molecule has 0 unspecified atom stereocenters. The number of aryl methyl sites for hydroxylation is 1. The number of ether oxygens (including phenoxy) is 1. The number of methoxy groups -OCH3 is 1.